The maximum atomic E-state index is 12.2. The third kappa shape index (κ3) is 3.83. The molecule has 0 aliphatic rings. The molecule has 4 nitrogen and oxygen atoms in total. The van der Waals surface area contributed by atoms with Gasteiger partial charge in [0.15, 0.2) is 6.10 Å². The fraction of sp³-hybridized carbons (Fsp3) is 0.167. The van der Waals surface area contributed by atoms with Crippen molar-refractivity contribution >= 4 is 40.0 Å². The van der Waals surface area contributed by atoms with Crippen molar-refractivity contribution < 1.29 is 9.53 Å². The Morgan fingerprint density at radius 2 is 2.04 bits per heavy atom. The zero-order valence-electron chi connectivity index (χ0n) is 13.0. The number of fused-ring (bicyclic) bond motifs is 1. The van der Waals surface area contributed by atoms with Crippen LogP contribution in [0, 0.1) is 0 Å². The largest absolute Gasteiger partial charge is 0.479 e. The summed E-state index contributed by atoms with van der Waals surface area (Å²) >= 11 is 11.9. The number of nitrogens with one attached hydrogen (secondary N) is 2. The molecule has 0 fully saturated rings. The van der Waals surface area contributed by atoms with Crippen LogP contribution >= 0.6 is 23.2 Å². The van der Waals surface area contributed by atoms with Crippen LogP contribution < -0.4 is 10.1 Å². The highest BCUT2D eigenvalue weighted by Crippen LogP contribution is 2.28. The van der Waals surface area contributed by atoms with Gasteiger partial charge >= 0.3 is 0 Å². The van der Waals surface area contributed by atoms with Crippen molar-refractivity contribution in [2.75, 3.05) is 0 Å². The Hall–Kier alpha value is -2.17. The van der Waals surface area contributed by atoms with E-state index in [0.29, 0.717) is 22.3 Å². The quantitative estimate of drug-likeness (QED) is 0.698. The van der Waals surface area contributed by atoms with E-state index < -0.39 is 6.10 Å². The molecule has 1 heterocycles. The number of ether oxygens (including phenoxy) is 1. The van der Waals surface area contributed by atoms with Gasteiger partial charge in [0.05, 0.1) is 5.02 Å². The van der Waals surface area contributed by atoms with Crippen LogP contribution in [0.1, 0.15) is 12.5 Å². The molecule has 2 aromatic carbocycles. The number of amides is 1. The van der Waals surface area contributed by atoms with Crippen molar-refractivity contribution in [2.45, 2.75) is 19.6 Å². The smallest absolute Gasteiger partial charge is 0.261 e. The van der Waals surface area contributed by atoms with E-state index in [1.807, 2.05) is 30.5 Å². The van der Waals surface area contributed by atoms with Crippen LogP contribution in [-0.4, -0.2) is 17.0 Å². The van der Waals surface area contributed by atoms with E-state index in [4.69, 9.17) is 27.9 Å². The number of aromatic nitrogens is 1. The van der Waals surface area contributed by atoms with Crippen molar-refractivity contribution in [1.29, 1.82) is 0 Å². The summed E-state index contributed by atoms with van der Waals surface area (Å²) < 4.78 is 5.60. The van der Waals surface area contributed by atoms with Gasteiger partial charge < -0.3 is 15.0 Å². The molecule has 0 aliphatic carbocycles. The fourth-order valence-electron chi connectivity index (χ4n) is 2.36. The van der Waals surface area contributed by atoms with Crippen LogP contribution in [0.25, 0.3) is 10.9 Å². The van der Waals surface area contributed by atoms with E-state index in [1.165, 1.54) is 0 Å². The molecule has 0 spiro atoms. The zero-order chi connectivity index (χ0) is 17.1. The molecule has 1 atom stereocenters. The van der Waals surface area contributed by atoms with Crippen molar-refractivity contribution in [2.24, 2.45) is 0 Å². The third-order valence-electron chi connectivity index (χ3n) is 3.65. The van der Waals surface area contributed by atoms with E-state index in [0.717, 1.165) is 16.5 Å². The van der Waals surface area contributed by atoms with Gasteiger partial charge in [-0.05, 0) is 54.3 Å². The van der Waals surface area contributed by atoms with Gasteiger partial charge in [0, 0.05) is 23.3 Å². The molecule has 1 amide bonds. The summed E-state index contributed by atoms with van der Waals surface area (Å²) in [5.41, 5.74) is 2.09. The van der Waals surface area contributed by atoms with Crippen molar-refractivity contribution in [3.8, 4) is 5.75 Å². The minimum Gasteiger partial charge on any atom is -0.479 e. The number of hydrogen-bond acceptors (Lipinski definition) is 2. The number of rotatable bonds is 5. The van der Waals surface area contributed by atoms with E-state index in [-0.39, 0.29) is 5.91 Å². The van der Waals surface area contributed by atoms with E-state index in [9.17, 15) is 4.79 Å². The number of hydrogen-bond donors (Lipinski definition) is 2. The van der Waals surface area contributed by atoms with Gasteiger partial charge in [-0.25, -0.2) is 0 Å². The Bertz CT molecular complexity index is 876. The molecule has 0 bridgehead atoms. The summed E-state index contributed by atoms with van der Waals surface area (Å²) in [6, 6.07) is 12.9. The Balaban J connectivity index is 1.59. The second-order valence-corrected chi connectivity index (χ2v) is 6.30. The first kappa shape index (κ1) is 16.7. The SMILES string of the molecule is CC(Oc1ccc(Cl)cc1Cl)C(=O)NCc1ccc2[nH]ccc2c1. The van der Waals surface area contributed by atoms with Gasteiger partial charge in [-0.1, -0.05) is 29.3 Å². The Morgan fingerprint density at radius 1 is 1.21 bits per heavy atom. The second-order valence-electron chi connectivity index (χ2n) is 5.45. The molecule has 24 heavy (non-hydrogen) atoms. The minimum absolute atomic E-state index is 0.213. The molecule has 0 aliphatic heterocycles. The molecule has 2 N–H and O–H groups in total. The van der Waals surface area contributed by atoms with Crippen LogP contribution in [0.5, 0.6) is 5.75 Å². The first-order valence-electron chi connectivity index (χ1n) is 7.48. The lowest BCUT2D eigenvalue weighted by atomic mass is 10.1. The van der Waals surface area contributed by atoms with Crippen molar-refractivity contribution in [3.63, 3.8) is 0 Å². The monoisotopic (exact) mass is 362 g/mol. The fourth-order valence-corrected chi connectivity index (χ4v) is 2.81. The first-order valence-corrected chi connectivity index (χ1v) is 8.24. The van der Waals surface area contributed by atoms with E-state index >= 15 is 0 Å². The Morgan fingerprint density at radius 3 is 2.83 bits per heavy atom. The molecular weight excluding hydrogens is 347 g/mol. The Kier molecular flexibility index (Phi) is 4.97. The van der Waals surface area contributed by atoms with Gasteiger partial charge in [-0.15, -0.1) is 0 Å². The lowest BCUT2D eigenvalue weighted by Crippen LogP contribution is -2.35. The summed E-state index contributed by atoms with van der Waals surface area (Å²) in [5, 5.41) is 4.87. The molecule has 3 aromatic rings. The molecule has 1 unspecified atom stereocenters. The summed E-state index contributed by atoms with van der Waals surface area (Å²) in [6.07, 6.45) is 1.22. The molecule has 3 rings (SSSR count). The number of carbonyl (C=O) groups is 1. The van der Waals surface area contributed by atoms with Crippen LogP contribution in [0.2, 0.25) is 10.0 Å². The number of aromatic amines is 1. The summed E-state index contributed by atoms with van der Waals surface area (Å²) in [5.74, 6) is 0.215. The van der Waals surface area contributed by atoms with Gasteiger partial charge in [0.2, 0.25) is 0 Å². The highest BCUT2D eigenvalue weighted by atomic mass is 35.5. The van der Waals surface area contributed by atoms with E-state index in [1.54, 1.807) is 25.1 Å². The average molecular weight is 363 g/mol. The lowest BCUT2D eigenvalue weighted by molar-refractivity contribution is -0.127. The number of benzene rings is 2. The normalized spacial score (nSPS) is 12.1. The second kappa shape index (κ2) is 7.16. The van der Waals surface area contributed by atoms with Gasteiger partial charge in [0.25, 0.3) is 5.91 Å². The minimum atomic E-state index is -0.667. The maximum absolute atomic E-state index is 12.2. The summed E-state index contributed by atoms with van der Waals surface area (Å²) in [4.78, 5) is 15.3. The zero-order valence-corrected chi connectivity index (χ0v) is 14.5. The third-order valence-corrected chi connectivity index (χ3v) is 4.18. The average Bonchev–Trinajstić information content (AvgIpc) is 3.02. The van der Waals surface area contributed by atoms with Crippen LogP contribution in [0.15, 0.2) is 48.7 Å². The maximum Gasteiger partial charge on any atom is 0.261 e. The predicted octanol–water partition coefficient (Wildman–Crippen LogP) is 4.56. The number of carbonyl (C=O) groups excluding carboxylic acids is 1. The highest BCUT2D eigenvalue weighted by molar-refractivity contribution is 6.35. The standard InChI is InChI=1S/C18H16Cl2N2O2/c1-11(24-17-5-3-14(19)9-15(17)20)18(23)22-10-12-2-4-16-13(8-12)6-7-21-16/h2-9,11,21H,10H2,1H3,(H,22,23). The van der Waals surface area contributed by atoms with Crippen LogP contribution in [0.3, 0.4) is 0 Å². The lowest BCUT2D eigenvalue weighted by Gasteiger charge is -2.16. The molecule has 6 heteroatoms. The van der Waals surface area contributed by atoms with Gasteiger partial charge in [-0.2, -0.15) is 0 Å². The molecule has 1 aromatic heterocycles. The van der Waals surface area contributed by atoms with Crippen LogP contribution in [-0.2, 0) is 11.3 Å². The first-order chi connectivity index (χ1) is 11.5. The van der Waals surface area contributed by atoms with Crippen molar-refractivity contribution in [1.82, 2.24) is 10.3 Å². The Labute approximate surface area is 149 Å². The predicted molar refractivity (Wildman–Crippen MR) is 96.7 cm³/mol. The van der Waals surface area contributed by atoms with Gasteiger partial charge in [0.1, 0.15) is 5.75 Å². The molecule has 124 valence electrons. The van der Waals surface area contributed by atoms with Crippen molar-refractivity contribution in [3.05, 3.63) is 64.3 Å². The number of halogens is 2. The molecule has 0 saturated heterocycles. The van der Waals surface area contributed by atoms with Gasteiger partial charge in [-0.3, -0.25) is 4.79 Å². The summed E-state index contributed by atoms with van der Waals surface area (Å²) in [6.45, 7) is 2.11. The molecular formula is C18H16Cl2N2O2. The van der Waals surface area contributed by atoms with Crippen LogP contribution in [0.4, 0.5) is 0 Å². The van der Waals surface area contributed by atoms with E-state index in [2.05, 4.69) is 10.3 Å². The topological polar surface area (TPSA) is 54.1 Å². The molecule has 0 saturated carbocycles. The number of H-pyrrole nitrogens is 1. The summed E-state index contributed by atoms with van der Waals surface area (Å²) in [7, 11) is 0. The highest BCUT2D eigenvalue weighted by Gasteiger charge is 2.16. The molecule has 0 radical (unpaired) electrons.